The third kappa shape index (κ3) is 2.81. The van der Waals surface area contributed by atoms with Crippen LogP contribution in [0.2, 0.25) is 0 Å². The predicted molar refractivity (Wildman–Crippen MR) is 125 cm³/mol. The van der Waals surface area contributed by atoms with Crippen molar-refractivity contribution < 1.29 is 10.6 Å². The molecule has 1 saturated heterocycles. The molecule has 170 valence electrons. The largest absolute Gasteiger partial charge is 0.472 e. The number of piperidine rings is 1. The van der Waals surface area contributed by atoms with Gasteiger partial charge in [-0.2, -0.15) is 0 Å². The van der Waals surface area contributed by atoms with Crippen molar-refractivity contribution in [2.75, 3.05) is 19.6 Å². The average Bonchev–Trinajstić information content (AvgIpc) is 3.11. The molecule has 3 saturated carbocycles. The third-order valence-corrected chi connectivity index (χ3v) is 10.3. The molecule has 0 bridgehead atoms. The van der Waals surface area contributed by atoms with Crippen LogP contribution in [0.25, 0.3) is 0 Å². The molecule has 2 heterocycles. The van der Waals surface area contributed by atoms with Gasteiger partial charge < -0.3 is 14.6 Å². The van der Waals surface area contributed by atoms with Crippen LogP contribution in [0.1, 0.15) is 80.3 Å². The van der Waals surface area contributed by atoms with Crippen molar-refractivity contribution in [1.29, 1.82) is 0 Å². The lowest BCUT2D eigenvalue weighted by Crippen LogP contribution is -2.44. The molecule has 1 aromatic heterocycles. The highest BCUT2D eigenvalue weighted by Gasteiger charge is 2.70. The Bertz CT molecular complexity index is 1030. The van der Waals surface area contributed by atoms with E-state index in [1.54, 1.807) is 25.2 Å². The Kier molecular flexibility index (Phi) is 4.22. The van der Waals surface area contributed by atoms with Gasteiger partial charge in [0.05, 0.1) is 17.9 Å². The third-order valence-electron chi connectivity index (χ3n) is 10.3. The van der Waals surface area contributed by atoms with Crippen molar-refractivity contribution in [3.8, 4) is 0 Å². The van der Waals surface area contributed by atoms with Crippen LogP contribution in [0, 0.1) is 23.2 Å². The van der Waals surface area contributed by atoms with Crippen LogP contribution in [0.5, 0.6) is 0 Å². The summed E-state index contributed by atoms with van der Waals surface area (Å²) in [6, 6.07) is 10.7. The Morgan fingerprint density at radius 1 is 1.12 bits per heavy atom. The molecule has 2 aromatic rings. The van der Waals surface area contributed by atoms with E-state index in [2.05, 4.69) is 34.5 Å². The normalized spacial score (nSPS) is 36.2. The van der Waals surface area contributed by atoms with Gasteiger partial charge in [0.15, 0.2) is 0 Å². The summed E-state index contributed by atoms with van der Waals surface area (Å²) < 4.78 is 5.11. The molecule has 1 amide bonds. The van der Waals surface area contributed by atoms with E-state index in [4.69, 9.17) is 4.42 Å². The van der Waals surface area contributed by atoms with E-state index in [1.807, 2.05) is 0 Å². The molecule has 7 rings (SSSR count). The first-order valence-corrected chi connectivity index (χ1v) is 12.8. The summed E-state index contributed by atoms with van der Waals surface area (Å²) in [5.41, 5.74) is 4.48. The number of carbonyl (C=O) groups excluding carboxylic acids is 1. The van der Waals surface area contributed by atoms with Crippen molar-refractivity contribution in [2.45, 2.75) is 62.8 Å². The summed E-state index contributed by atoms with van der Waals surface area (Å²) in [4.78, 5) is 15.4. The standard InChI is InChI=1S/C28H34N2O2.H2/c31-26(20-8-14-32-18-20)29-25-17-27(24-4-2-1-3-22(24)25)9-12-30(13-10-27)11-7-19-15-28-16-21(28)5-6-23(19)28;/h1-4,8,14,18-19,21,23,25H,5-7,9-13,15-17H2,(H,29,31);1H/t19?,21-,23+,25+,28?;/m1./s1. The lowest BCUT2D eigenvalue weighted by atomic mass is 9.61. The maximum Gasteiger partial charge on any atom is 0.255 e. The Labute approximate surface area is 192 Å². The highest BCUT2D eigenvalue weighted by molar-refractivity contribution is 5.94. The lowest BCUT2D eigenvalue weighted by Gasteiger charge is -2.46. The second-order valence-electron chi connectivity index (χ2n) is 11.5. The van der Waals surface area contributed by atoms with Crippen molar-refractivity contribution in [1.82, 2.24) is 10.2 Å². The van der Waals surface area contributed by atoms with Crippen molar-refractivity contribution in [3.63, 3.8) is 0 Å². The minimum atomic E-state index is -0.0314. The second kappa shape index (κ2) is 6.96. The van der Waals surface area contributed by atoms with Crippen LogP contribution in [0.3, 0.4) is 0 Å². The summed E-state index contributed by atoms with van der Waals surface area (Å²) in [6.07, 6.45) is 14.1. The molecule has 1 aliphatic heterocycles. The summed E-state index contributed by atoms with van der Waals surface area (Å²) in [7, 11) is 0. The second-order valence-corrected chi connectivity index (χ2v) is 11.5. The number of amides is 1. The first kappa shape index (κ1) is 19.4. The number of carbonyl (C=O) groups is 1. The van der Waals surface area contributed by atoms with Gasteiger partial charge in [-0.15, -0.1) is 0 Å². The molecule has 5 atom stereocenters. The highest BCUT2D eigenvalue weighted by Crippen LogP contribution is 2.78. The lowest BCUT2D eigenvalue weighted by molar-refractivity contribution is 0.0390. The van der Waals surface area contributed by atoms with E-state index in [1.165, 1.54) is 69.1 Å². The van der Waals surface area contributed by atoms with Gasteiger partial charge in [0.25, 0.3) is 5.91 Å². The van der Waals surface area contributed by atoms with Crippen LogP contribution in [0.4, 0.5) is 0 Å². The van der Waals surface area contributed by atoms with Gasteiger partial charge in [-0.1, -0.05) is 24.3 Å². The average molecular weight is 433 g/mol. The smallest absolute Gasteiger partial charge is 0.255 e. The molecule has 4 nitrogen and oxygen atoms in total. The Morgan fingerprint density at radius 2 is 2.00 bits per heavy atom. The minimum absolute atomic E-state index is 0. The van der Waals surface area contributed by atoms with Crippen molar-refractivity contribution in [2.24, 2.45) is 23.2 Å². The molecule has 5 aliphatic rings. The number of rotatable bonds is 5. The molecule has 1 N–H and O–H groups in total. The fourth-order valence-corrected chi connectivity index (χ4v) is 8.48. The molecule has 32 heavy (non-hydrogen) atoms. The summed E-state index contributed by atoms with van der Waals surface area (Å²) in [6.45, 7) is 3.68. The quantitative estimate of drug-likeness (QED) is 0.673. The Balaban J connectivity index is 0.00000206. The van der Waals surface area contributed by atoms with Crippen LogP contribution in [0.15, 0.2) is 47.3 Å². The van der Waals surface area contributed by atoms with Crippen LogP contribution >= 0.6 is 0 Å². The SMILES string of the molecule is O=C(N[C@H]1CC2(CCN(CCC3CC45C[C@H]4CC[C@@H]35)CC2)c2ccccc21)c1ccoc1.[HH]. The first-order chi connectivity index (χ1) is 15.7. The van der Waals surface area contributed by atoms with Gasteiger partial charge in [-0.25, -0.2) is 0 Å². The molecule has 2 spiro atoms. The molecule has 4 heteroatoms. The first-order valence-electron chi connectivity index (χ1n) is 12.8. The van der Waals surface area contributed by atoms with Gasteiger partial charge in [0, 0.05) is 6.84 Å². The van der Waals surface area contributed by atoms with Crippen LogP contribution < -0.4 is 5.32 Å². The Hall–Kier alpha value is -2.07. The zero-order valence-electron chi connectivity index (χ0n) is 18.9. The summed E-state index contributed by atoms with van der Waals surface area (Å²) >= 11 is 0. The number of nitrogens with one attached hydrogen (secondary N) is 1. The van der Waals surface area contributed by atoms with Gasteiger partial charge >= 0.3 is 0 Å². The fraction of sp³-hybridized carbons (Fsp3) is 0.607. The topological polar surface area (TPSA) is 45.5 Å². The maximum atomic E-state index is 12.7. The van der Waals surface area contributed by atoms with E-state index < -0.39 is 0 Å². The van der Waals surface area contributed by atoms with E-state index in [0.29, 0.717) is 5.56 Å². The number of fused-ring (bicyclic) bond motifs is 2. The predicted octanol–water partition coefficient (Wildman–Crippen LogP) is 5.56. The number of hydrogen-bond donors (Lipinski definition) is 1. The molecular weight excluding hydrogens is 396 g/mol. The van der Waals surface area contributed by atoms with E-state index in [9.17, 15) is 4.79 Å². The summed E-state index contributed by atoms with van der Waals surface area (Å²) in [5, 5.41) is 3.29. The van der Waals surface area contributed by atoms with Gasteiger partial charge in [-0.05, 0) is 111 Å². The number of benzene rings is 1. The number of furan rings is 1. The van der Waals surface area contributed by atoms with E-state index in [0.717, 1.165) is 29.6 Å². The van der Waals surface area contributed by atoms with Crippen LogP contribution in [-0.2, 0) is 5.41 Å². The number of likely N-dealkylation sites (tertiary alicyclic amines) is 1. The van der Waals surface area contributed by atoms with E-state index >= 15 is 0 Å². The van der Waals surface area contributed by atoms with Crippen molar-refractivity contribution >= 4 is 5.91 Å². The fourth-order valence-electron chi connectivity index (χ4n) is 8.48. The van der Waals surface area contributed by atoms with Crippen molar-refractivity contribution in [3.05, 3.63) is 59.5 Å². The molecule has 2 unspecified atom stereocenters. The molecular formula is C28H36N2O2. The number of hydrogen-bond acceptors (Lipinski definition) is 3. The molecule has 4 aliphatic carbocycles. The zero-order chi connectivity index (χ0) is 21.3. The monoisotopic (exact) mass is 432 g/mol. The van der Waals surface area contributed by atoms with E-state index in [-0.39, 0.29) is 18.8 Å². The zero-order valence-corrected chi connectivity index (χ0v) is 18.9. The molecule has 0 radical (unpaired) electrons. The maximum absolute atomic E-state index is 12.7. The molecule has 4 fully saturated rings. The molecule has 1 aromatic carbocycles. The van der Waals surface area contributed by atoms with Crippen LogP contribution in [-0.4, -0.2) is 30.4 Å². The highest BCUT2D eigenvalue weighted by atomic mass is 16.3. The Morgan fingerprint density at radius 3 is 2.78 bits per heavy atom. The van der Waals surface area contributed by atoms with Gasteiger partial charge in [-0.3, -0.25) is 4.79 Å². The summed E-state index contributed by atoms with van der Waals surface area (Å²) in [5.74, 6) is 3.21. The van der Waals surface area contributed by atoms with Gasteiger partial charge in [0.1, 0.15) is 6.26 Å². The minimum Gasteiger partial charge on any atom is -0.472 e. The number of nitrogens with zero attached hydrogens (tertiary/aromatic N) is 1. The van der Waals surface area contributed by atoms with Gasteiger partial charge in [0.2, 0.25) is 0 Å².